The number of ether oxygens (including phenoxy) is 4. The van der Waals surface area contributed by atoms with Crippen molar-refractivity contribution in [2.24, 2.45) is 0 Å². The molecular weight excluding hydrogens is 517 g/mol. The third-order valence-electron chi connectivity index (χ3n) is 5.74. The van der Waals surface area contributed by atoms with Crippen LogP contribution in [0.3, 0.4) is 0 Å². The molecule has 0 spiro atoms. The second kappa shape index (κ2) is 11.5. The van der Waals surface area contributed by atoms with Crippen LogP contribution in [0.1, 0.15) is 11.3 Å². The second-order valence-corrected chi connectivity index (χ2v) is 8.75. The van der Waals surface area contributed by atoms with Crippen molar-refractivity contribution in [3.63, 3.8) is 0 Å². The molecule has 192 valence electrons. The zero-order chi connectivity index (χ0) is 26.5. The van der Waals surface area contributed by atoms with Crippen molar-refractivity contribution in [1.82, 2.24) is 4.98 Å². The summed E-state index contributed by atoms with van der Waals surface area (Å²) in [4.78, 5) is 17.5. The number of hydrogen-bond acceptors (Lipinski definition) is 6. The quantitative estimate of drug-likeness (QED) is 0.254. The number of methoxy groups -OCH3 is 4. The third-order valence-corrected chi connectivity index (χ3v) is 6.48. The van der Waals surface area contributed by atoms with E-state index in [0.717, 1.165) is 22.0 Å². The number of hydrogen-bond donors (Lipinski definition) is 2. The van der Waals surface area contributed by atoms with Gasteiger partial charge in [-0.2, -0.15) is 0 Å². The lowest BCUT2D eigenvalue weighted by molar-refractivity contribution is 0.262. The molecule has 0 aliphatic heterocycles. The minimum atomic E-state index is -0.468. The zero-order valence-electron chi connectivity index (χ0n) is 20.6. The van der Waals surface area contributed by atoms with Gasteiger partial charge in [0.1, 0.15) is 0 Å². The van der Waals surface area contributed by atoms with Crippen molar-refractivity contribution in [2.45, 2.75) is 6.42 Å². The number of fused-ring (bicyclic) bond motifs is 1. The van der Waals surface area contributed by atoms with Gasteiger partial charge < -0.3 is 29.6 Å². The van der Waals surface area contributed by atoms with Gasteiger partial charge in [-0.3, -0.25) is 4.98 Å². The van der Waals surface area contributed by atoms with Crippen molar-refractivity contribution in [2.75, 3.05) is 39.1 Å². The van der Waals surface area contributed by atoms with E-state index in [1.807, 2.05) is 24.3 Å². The molecule has 1 heterocycles. The smallest absolute Gasteiger partial charge is 0.323 e. The fourth-order valence-electron chi connectivity index (χ4n) is 3.92. The van der Waals surface area contributed by atoms with Crippen LogP contribution in [-0.2, 0) is 6.42 Å². The summed E-state index contributed by atoms with van der Waals surface area (Å²) in [7, 11) is 6.26. The first-order valence-corrected chi connectivity index (χ1v) is 11.9. The molecule has 0 aliphatic carbocycles. The monoisotopic (exact) mass is 541 g/mol. The van der Waals surface area contributed by atoms with Crippen LogP contribution in [0.5, 0.6) is 23.0 Å². The van der Waals surface area contributed by atoms with E-state index < -0.39 is 6.03 Å². The van der Waals surface area contributed by atoms with Crippen LogP contribution in [0.15, 0.2) is 54.7 Å². The normalized spacial score (nSPS) is 10.6. The molecule has 0 bridgehead atoms. The summed E-state index contributed by atoms with van der Waals surface area (Å²) in [5, 5.41) is 8.21. The first kappa shape index (κ1) is 26.2. The lowest BCUT2D eigenvalue weighted by atomic mass is 10.0. The minimum Gasteiger partial charge on any atom is -0.493 e. The number of anilines is 2. The van der Waals surface area contributed by atoms with E-state index in [-0.39, 0.29) is 0 Å². The van der Waals surface area contributed by atoms with E-state index in [2.05, 4.69) is 15.6 Å². The molecule has 0 saturated heterocycles. The minimum absolute atomic E-state index is 0.334. The van der Waals surface area contributed by atoms with Gasteiger partial charge in [-0.15, -0.1) is 0 Å². The van der Waals surface area contributed by atoms with Crippen molar-refractivity contribution in [1.29, 1.82) is 0 Å². The third kappa shape index (κ3) is 5.76. The van der Waals surface area contributed by atoms with Gasteiger partial charge in [-0.25, -0.2) is 4.79 Å². The molecule has 0 saturated carbocycles. The van der Waals surface area contributed by atoms with Gasteiger partial charge in [0.15, 0.2) is 23.0 Å². The van der Waals surface area contributed by atoms with Crippen LogP contribution < -0.4 is 29.6 Å². The molecule has 8 nitrogen and oxygen atoms in total. The van der Waals surface area contributed by atoms with Crippen molar-refractivity contribution in [3.8, 4) is 23.0 Å². The van der Waals surface area contributed by atoms with Gasteiger partial charge in [0.05, 0.1) is 44.2 Å². The number of carbonyl (C=O) groups is 1. The largest absolute Gasteiger partial charge is 0.493 e. The van der Waals surface area contributed by atoms with E-state index in [1.54, 1.807) is 51.8 Å². The highest BCUT2D eigenvalue weighted by Gasteiger charge is 2.17. The van der Waals surface area contributed by atoms with Crippen LogP contribution in [0.2, 0.25) is 10.0 Å². The Labute approximate surface area is 224 Å². The summed E-state index contributed by atoms with van der Waals surface area (Å²) in [5.74, 6) is 2.20. The summed E-state index contributed by atoms with van der Waals surface area (Å²) in [6, 6.07) is 13.6. The molecule has 1 aromatic heterocycles. The Hall–Kier alpha value is -3.88. The number of nitrogens with one attached hydrogen (secondary N) is 2. The number of aromatic nitrogens is 1. The Bertz CT molecular complexity index is 1460. The summed E-state index contributed by atoms with van der Waals surface area (Å²) < 4.78 is 21.9. The highest BCUT2D eigenvalue weighted by Crippen LogP contribution is 2.37. The maximum atomic E-state index is 12.9. The maximum absolute atomic E-state index is 12.9. The number of carbonyl (C=O) groups excluding carboxylic acids is 1. The number of pyridine rings is 1. The van der Waals surface area contributed by atoms with Gasteiger partial charge in [0, 0.05) is 35.4 Å². The SMILES string of the molecule is COc1cc(Cc2nccc3cc(OC)c(OC)cc23)c(NC(=O)Nc2ccc(Cl)c(Cl)c2)cc1OC. The van der Waals surface area contributed by atoms with Gasteiger partial charge in [-0.05, 0) is 53.4 Å². The summed E-state index contributed by atoms with van der Waals surface area (Å²) >= 11 is 12.1. The van der Waals surface area contributed by atoms with Crippen LogP contribution in [0.25, 0.3) is 10.8 Å². The summed E-state index contributed by atoms with van der Waals surface area (Å²) in [6.07, 6.45) is 2.12. The Kier molecular flexibility index (Phi) is 8.11. The summed E-state index contributed by atoms with van der Waals surface area (Å²) in [5.41, 5.74) is 2.55. The van der Waals surface area contributed by atoms with Gasteiger partial charge in [0.2, 0.25) is 0 Å². The van der Waals surface area contributed by atoms with E-state index in [0.29, 0.717) is 50.8 Å². The molecule has 0 unspecified atom stereocenters. The number of rotatable bonds is 8. The number of urea groups is 1. The van der Waals surface area contributed by atoms with Gasteiger partial charge >= 0.3 is 6.03 Å². The summed E-state index contributed by atoms with van der Waals surface area (Å²) in [6.45, 7) is 0. The van der Waals surface area contributed by atoms with Crippen LogP contribution in [0, 0.1) is 0 Å². The molecule has 10 heteroatoms. The average Bonchev–Trinajstić information content (AvgIpc) is 2.90. The van der Waals surface area contributed by atoms with Crippen molar-refractivity contribution in [3.05, 3.63) is 76.0 Å². The molecular formula is C27H25Cl2N3O5. The van der Waals surface area contributed by atoms with E-state index in [4.69, 9.17) is 42.1 Å². The van der Waals surface area contributed by atoms with Gasteiger partial charge in [-0.1, -0.05) is 23.2 Å². The molecule has 37 heavy (non-hydrogen) atoms. The van der Waals surface area contributed by atoms with Crippen LogP contribution in [0.4, 0.5) is 16.2 Å². The molecule has 3 aromatic carbocycles. The standard InChI is InChI=1S/C27H25Cl2N3O5/c1-34-23-10-15-7-8-30-22(18(15)13-25(23)36-3)9-16-11-24(35-2)26(37-4)14-21(16)32-27(33)31-17-5-6-19(28)20(29)12-17/h5-8,10-14H,9H2,1-4H3,(H2,31,32,33). The molecule has 0 aliphatic rings. The number of benzene rings is 3. The first-order chi connectivity index (χ1) is 17.9. The Morgan fingerprint density at radius 3 is 2.11 bits per heavy atom. The van der Waals surface area contributed by atoms with Crippen LogP contribution in [-0.4, -0.2) is 39.5 Å². The fourth-order valence-corrected chi connectivity index (χ4v) is 4.22. The number of amides is 2. The number of nitrogens with zero attached hydrogens (tertiary/aromatic N) is 1. The highest BCUT2D eigenvalue weighted by molar-refractivity contribution is 6.42. The molecule has 2 N–H and O–H groups in total. The zero-order valence-corrected chi connectivity index (χ0v) is 22.2. The fraction of sp³-hybridized carbons (Fsp3) is 0.185. The predicted octanol–water partition coefficient (Wildman–Crippen LogP) is 6.81. The van der Waals surface area contributed by atoms with Crippen molar-refractivity contribution < 1.29 is 23.7 Å². The molecule has 0 fully saturated rings. The topological polar surface area (TPSA) is 90.9 Å². The first-order valence-electron chi connectivity index (χ1n) is 11.1. The predicted molar refractivity (Wildman–Crippen MR) is 146 cm³/mol. The van der Waals surface area contributed by atoms with Crippen LogP contribution >= 0.6 is 23.2 Å². The Morgan fingerprint density at radius 2 is 1.43 bits per heavy atom. The highest BCUT2D eigenvalue weighted by atomic mass is 35.5. The Balaban J connectivity index is 1.71. The van der Waals surface area contributed by atoms with E-state index in [9.17, 15) is 4.79 Å². The lowest BCUT2D eigenvalue weighted by Gasteiger charge is -2.17. The van der Waals surface area contributed by atoms with Crippen molar-refractivity contribution >= 4 is 51.4 Å². The lowest BCUT2D eigenvalue weighted by Crippen LogP contribution is -2.20. The van der Waals surface area contributed by atoms with Gasteiger partial charge in [0.25, 0.3) is 0 Å². The average molecular weight is 542 g/mol. The molecule has 0 atom stereocenters. The molecule has 4 rings (SSSR count). The van der Waals surface area contributed by atoms with E-state index >= 15 is 0 Å². The number of halogens is 2. The molecule has 2 amide bonds. The molecule has 4 aromatic rings. The second-order valence-electron chi connectivity index (χ2n) is 7.94. The Morgan fingerprint density at radius 1 is 0.784 bits per heavy atom. The van der Waals surface area contributed by atoms with E-state index in [1.165, 1.54) is 7.11 Å². The maximum Gasteiger partial charge on any atom is 0.323 e. The molecule has 0 radical (unpaired) electrons.